The van der Waals surface area contributed by atoms with Crippen LogP contribution in [0.5, 0.6) is 0 Å². The normalized spacial score (nSPS) is 9.76. The minimum absolute atomic E-state index is 0.153. The van der Waals surface area contributed by atoms with Crippen molar-refractivity contribution in [1.82, 2.24) is 0 Å². The highest BCUT2D eigenvalue weighted by Crippen LogP contribution is 2.10. The van der Waals surface area contributed by atoms with Crippen LogP contribution < -0.4 is 5.32 Å². The van der Waals surface area contributed by atoms with Gasteiger partial charge in [-0.25, -0.2) is 4.79 Å². The highest BCUT2D eigenvalue weighted by Gasteiger charge is 2.05. The summed E-state index contributed by atoms with van der Waals surface area (Å²) in [6, 6.07) is 7.00. The molecule has 0 saturated heterocycles. The van der Waals surface area contributed by atoms with Crippen molar-refractivity contribution in [2.45, 2.75) is 20.3 Å². The molecular weight excluding hydrogens is 218 g/mol. The van der Waals surface area contributed by atoms with E-state index in [1.807, 2.05) is 0 Å². The van der Waals surface area contributed by atoms with Crippen LogP contribution in [0.1, 0.15) is 30.6 Å². The molecule has 0 fully saturated rings. The first-order chi connectivity index (χ1) is 8.13. The average molecular weight is 235 g/mol. The monoisotopic (exact) mass is 235 g/mol. The fraction of sp³-hybridized carbons (Fsp3) is 0.385. The third-order valence-corrected chi connectivity index (χ3v) is 2.20. The highest BCUT2D eigenvalue weighted by molar-refractivity contribution is 5.89. The Bertz CT molecular complexity index is 384. The van der Waals surface area contributed by atoms with Crippen LogP contribution in [-0.2, 0) is 9.53 Å². The van der Waals surface area contributed by atoms with Crippen LogP contribution in [0.25, 0.3) is 0 Å². The lowest BCUT2D eigenvalue weighted by molar-refractivity contribution is -0.116. The van der Waals surface area contributed by atoms with E-state index in [0.29, 0.717) is 25.1 Å². The number of Topliss-reactive ketones (excluding diaryl/α,β-unsaturated/α-hetero) is 1. The lowest BCUT2D eigenvalue weighted by Gasteiger charge is -2.06. The molecule has 1 N–H and O–H groups in total. The first-order valence-corrected chi connectivity index (χ1v) is 5.64. The summed E-state index contributed by atoms with van der Waals surface area (Å²) in [5.41, 5.74) is 1.42. The minimum Gasteiger partial charge on any atom is -0.462 e. The van der Waals surface area contributed by atoms with Crippen molar-refractivity contribution in [2.24, 2.45) is 0 Å². The predicted molar refractivity (Wildman–Crippen MR) is 66.2 cm³/mol. The number of rotatable bonds is 6. The minimum atomic E-state index is -0.317. The summed E-state index contributed by atoms with van der Waals surface area (Å²) in [5.74, 6) is -0.163. The van der Waals surface area contributed by atoms with Gasteiger partial charge in [-0.3, -0.25) is 4.79 Å². The molecule has 92 valence electrons. The second-order valence-corrected chi connectivity index (χ2v) is 3.68. The summed E-state index contributed by atoms with van der Waals surface area (Å²) in [6.07, 6.45) is 0.500. The molecule has 0 aliphatic rings. The number of carbonyl (C=O) groups is 2. The van der Waals surface area contributed by atoms with E-state index in [4.69, 9.17) is 4.74 Å². The van der Waals surface area contributed by atoms with Crippen LogP contribution >= 0.6 is 0 Å². The van der Waals surface area contributed by atoms with E-state index in [1.165, 1.54) is 0 Å². The SMILES string of the molecule is CCOC(=O)c1ccc(NCCC(C)=O)cc1. The van der Waals surface area contributed by atoms with Gasteiger partial charge in [0, 0.05) is 18.7 Å². The molecule has 0 amide bonds. The van der Waals surface area contributed by atoms with Crippen molar-refractivity contribution in [2.75, 3.05) is 18.5 Å². The van der Waals surface area contributed by atoms with Gasteiger partial charge in [-0.15, -0.1) is 0 Å². The molecule has 1 aromatic carbocycles. The van der Waals surface area contributed by atoms with Crippen LogP contribution in [0.3, 0.4) is 0 Å². The molecule has 0 aliphatic heterocycles. The van der Waals surface area contributed by atoms with E-state index in [-0.39, 0.29) is 11.8 Å². The van der Waals surface area contributed by atoms with Crippen molar-refractivity contribution in [3.05, 3.63) is 29.8 Å². The van der Waals surface area contributed by atoms with Gasteiger partial charge in [0.2, 0.25) is 0 Å². The number of nitrogens with one attached hydrogen (secondary N) is 1. The predicted octanol–water partition coefficient (Wildman–Crippen LogP) is 2.25. The largest absolute Gasteiger partial charge is 0.462 e. The lowest BCUT2D eigenvalue weighted by Crippen LogP contribution is -2.07. The Kier molecular flexibility index (Phi) is 5.20. The number of hydrogen-bond acceptors (Lipinski definition) is 4. The van der Waals surface area contributed by atoms with Crippen LogP contribution in [0.4, 0.5) is 5.69 Å². The van der Waals surface area contributed by atoms with Gasteiger partial charge in [-0.05, 0) is 38.1 Å². The van der Waals surface area contributed by atoms with Crippen molar-refractivity contribution >= 4 is 17.4 Å². The number of ketones is 1. The van der Waals surface area contributed by atoms with Crippen molar-refractivity contribution in [3.8, 4) is 0 Å². The molecule has 4 nitrogen and oxygen atoms in total. The Hall–Kier alpha value is -1.84. The van der Waals surface area contributed by atoms with Crippen molar-refractivity contribution in [3.63, 3.8) is 0 Å². The molecule has 0 unspecified atom stereocenters. The molecule has 1 aromatic rings. The quantitative estimate of drug-likeness (QED) is 0.768. The molecule has 0 spiro atoms. The molecule has 0 bridgehead atoms. The number of hydrogen-bond donors (Lipinski definition) is 1. The maximum absolute atomic E-state index is 11.4. The van der Waals surface area contributed by atoms with Crippen molar-refractivity contribution in [1.29, 1.82) is 0 Å². The molecule has 1 rings (SSSR count). The summed E-state index contributed by atoms with van der Waals surface area (Å²) >= 11 is 0. The fourth-order valence-corrected chi connectivity index (χ4v) is 1.32. The molecule has 0 aliphatic carbocycles. The maximum Gasteiger partial charge on any atom is 0.338 e. The third kappa shape index (κ3) is 4.68. The van der Waals surface area contributed by atoms with Gasteiger partial charge in [0.05, 0.1) is 12.2 Å². The highest BCUT2D eigenvalue weighted by atomic mass is 16.5. The van der Waals surface area contributed by atoms with Gasteiger partial charge in [0.1, 0.15) is 5.78 Å². The lowest BCUT2D eigenvalue weighted by atomic mass is 10.2. The van der Waals surface area contributed by atoms with E-state index in [2.05, 4.69) is 5.32 Å². The molecule has 0 radical (unpaired) electrons. The molecular formula is C13H17NO3. The number of esters is 1. The summed E-state index contributed by atoms with van der Waals surface area (Å²) < 4.78 is 4.88. The number of carbonyl (C=O) groups excluding carboxylic acids is 2. The van der Waals surface area contributed by atoms with E-state index in [1.54, 1.807) is 38.1 Å². The third-order valence-electron chi connectivity index (χ3n) is 2.20. The van der Waals surface area contributed by atoms with Crippen LogP contribution in [0, 0.1) is 0 Å². The van der Waals surface area contributed by atoms with E-state index >= 15 is 0 Å². The zero-order valence-electron chi connectivity index (χ0n) is 10.2. The van der Waals surface area contributed by atoms with Crippen LogP contribution in [0.2, 0.25) is 0 Å². The molecule has 0 aromatic heterocycles. The Morgan fingerprint density at radius 1 is 1.24 bits per heavy atom. The maximum atomic E-state index is 11.4. The second kappa shape index (κ2) is 6.68. The Morgan fingerprint density at radius 2 is 1.88 bits per heavy atom. The van der Waals surface area contributed by atoms with E-state index < -0.39 is 0 Å². The fourth-order valence-electron chi connectivity index (χ4n) is 1.32. The molecule has 4 heteroatoms. The van der Waals surface area contributed by atoms with Gasteiger partial charge in [0.15, 0.2) is 0 Å². The van der Waals surface area contributed by atoms with Crippen LogP contribution in [0.15, 0.2) is 24.3 Å². The molecule has 0 heterocycles. The Labute approximate surface area is 101 Å². The zero-order valence-corrected chi connectivity index (χ0v) is 10.2. The summed E-state index contributed by atoms with van der Waals surface area (Å²) in [4.78, 5) is 22.1. The Balaban J connectivity index is 2.50. The van der Waals surface area contributed by atoms with Crippen molar-refractivity contribution < 1.29 is 14.3 Å². The second-order valence-electron chi connectivity index (χ2n) is 3.68. The zero-order chi connectivity index (χ0) is 12.7. The van der Waals surface area contributed by atoms with Gasteiger partial charge < -0.3 is 10.1 Å². The topological polar surface area (TPSA) is 55.4 Å². The molecule has 17 heavy (non-hydrogen) atoms. The van der Waals surface area contributed by atoms with Gasteiger partial charge in [-0.1, -0.05) is 0 Å². The summed E-state index contributed by atoms with van der Waals surface area (Å²) in [6.45, 7) is 4.31. The first-order valence-electron chi connectivity index (χ1n) is 5.64. The van der Waals surface area contributed by atoms with E-state index in [0.717, 1.165) is 5.69 Å². The van der Waals surface area contributed by atoms with Gasteiger partial charge >= 0.3 is 5.97 Å². The van der Waals surface area contributed by atoms with Crippen LogP contribution in [-0.4, -0.2) is 24.9 Å². The molecule has 0 saturated carbocycles. The smallest absolute Gasteiger partial charge is 0.338 e. The first kappa shape index (κ1) is 13.2. The average Bonchev–Trinajstić information content (AvgIpc) is 2.30. The van der Waals surface area contributed by atoms with Gasteiger partial charge in [-0.2, -0.15) is 0 Å². The number of ether oxygens (including phenoxy) is 1. The number of anilines is 1. The Morgan fingerprint density at radius 3 is 2.41 bits per heavy atom. The summed E-state index contributed by atoms with van der Waals surface area (Å²) in [7, 11) is 0. The molecule has 0 atom stereocenters. The van der Waals surface area contributed by atoms with Gasteiger partial charge in [0.25, 0.3) is 0 Å². The van der Waals surface area contributed by atoms with E-state index in [9.17, 15) is 9.59 Å². The number of benzene rings is 1. The standard InChI is InChI=1S/C13H17NO3/c1-3-17-13(16)11-4-6-12(7-5-11)14-9-8-10(2)15/h4-7,14H,3,8-9H2,1-2H3. The summed E-state index contributed by atoms with van der Waals surface area (Å²) in [5, 5.41) is 3.10.